The Hall–Kier alpha value is -2.29. The van der Waals surface area contributed by atoms with Gasteiger partial charge in [-0.2, -0.15) is 0 Å². The topological polar surface area (TPSA) is 99.8 Å². The first-order valence-electron chi connectivity index (χ1n) is 10.2. The molecule has 0 radical (unpaired) electrons. The number of ether oxygens (including phenoxy) is 1. The number of fused-ring (bicyclic) bond motifs is 1. The predicted octanol–water partition coefficient (Wildman–Crippen LogP) is 0.650. The summed E-state index contributed by atoms with van der Waals surface area (Å²) >= 11 is 0. The van der Waals surface area contributed by atoms with Gasteiger partial charge in [-0.1, -0.05) is 18.2 Å². The van der Waals surface area contributed by atoms with Gasteiger partial charge in [-0.05, 0) is 38.3 Å². The molecule has 29 heavy (non-hydrogen) atoms. The standard InChI is InChI=1S/C21H28N4O4/c1-12-15(24-21(2,3)29-12)10-22-9-13-5-4-6-14-11-25(20(28)18(13)14)16-7-8-17(26)23-19(16)27/h4-6,12,15-16,22,24H,7-11H2,1-3H3,(H,23,26,27). The van der Waals surface area contributed by atoms with Crippen molar-refractivity contribution >= 4 is 17.7 Å². The van der Waals surface area contributed by atoms with Crippen molar-refractivity contribution in [1.82, 2.24) is 20.9 Å². The summed E-state index contributed by atoms with van der Waals surface area (Å²) in [5, 5.41) is 9.23. The summed E-state index contributed by atoms with van der Waals surface area (Å²) in [6.07, 6.45) is 0.734. The lowest BCUT2D eigenvalue weighted by Gasteiger charge is -2.29. The molecular formula is C21H28N4O4. The van der Waals surface area contributed by atoms with Crippen molar-refractivity contribution in [2.75, 3.05) is 6.54 Å². The summed E-state index contributed by atoms with van der Waals surface area (Å²) in [7, 11) is 0. The number of piperidine rings is 1. The Balaban J connectivity index is 1.42. The lowest BCUT2D eigenvalue weighted by atomic mass is 10.0. The summed E-state index contributed by atoms with van der Waals surface area (Å²) < 4.78 is 5.88. The maximum absolute atomic E-state index is 13.1. The van der Waals surface area contributed by atoms with Crippen molar-refractivity contribution in [3.8, 4) is 0 Å². The summed E-state index contributed by atoms with van der Waals surface area (Å²) in [6, 6.07) is 5.43. The molecule has 0 saturated carbocycles. The first kappa shape index (κ1) is 20.0. The van der Waals surface area contributed by atoms with Gasteiger partial charge in [0.2, 0.25) is 11.8 Å². The molecule has 3 unspecified atom stereocenters. The highest BCUT2D eigenvalue weighted by atomic mass is 16.5. The Morgan fingerprint density at radius 1 is 1.28 bits per heavy atom. The minimum atomic E-state index is -0.587. The number of carbonyl (C=O) groups is 3. The molecule has 3 amide bonds. The Morgan fingerprint density at radius 2 is 2.07 bits per heavy atom. The molecule has 3 N–H and O–H groups in total. The van der Waals surface area contributed by atoms with Gasteiger partial charge in [0.15, 0.2) is 0 Å². The van der Waals surface area contributed by atoms with E-state index in [4.69, 9.17) is 4.74 Å². The van der Waals surface area contributed by atoms with Crippen LogP contribution in [0.5, 0.6) is 0 Å². The molecule has 8 nitrogen and oxygen atoms in total. The molecule has 1 aromatic rings. The minimum Gasteiger partial charge on any atom is -0.357 e. The van der Waals surface area contributed by atoms with Crippen LogP contribution in [-0.2, 0) is 27.4 Å². The Labute approximate surface area is 170 Å². The molecule has 0 aromatic heterocycles. The van der Waals surface area contributed by atoms with Gasteiger partial charge >= 0.3 is 0 Å². The predicted molar refractivity (Wildman–Crippen MR) is 106 cm³/mol. The van der Waals surface area contributed by atoms with Gasteiger partial charge in [0, 0.05) is 37.7 Å². The van der Waals surface area contributed by atoms with Crippen molar-refractivity contribution in [2.24, 2.45) is 0 Å². The van der Waals surface area contributed by atoms with Gasteiger partial charge in [-0.25, -0.2) is 0 Å². The zero-order valence-corrected chi connectivity index (χ0v) is 17.1. The molecule has 156 valence electrons. The lowest BCUT2D eigenvalue weighted by Crippen LogP contribution is -2.52. The van der Waals surface area contributed by atoms with E-state index in [1.165, 1.54) is 0 Å². The Kier molecular flexibility index (Phi) is 5.18. The van der Waals surface area contributed by atoms with Crippen LogP contribution in [0.2, 0.25) is 0 Å². The molecule has 3 atom stereocenters. The first-order chi connectivity index (χ1) is 13.7. The fourth-order valence-electron chi connectivity index (χ4n) is 4.56. The average molecular weight is 400 g/mol. The number of hydrogen-bond donors (Lipinski definition) is 3. The van der Waals surface area contributed by atoms with E-state index in [0.717, 1.165) is 17.7 Å². The summed E-state index contributed by atoms with van der Waals surface area (Å²) in [4.78, 5) is 38.3. The Bertz CT molecular complexity index is 853. The van der Waals surface area contributed by atoms with Crippen LogP contribution < -0.4 is 16.0 Å². The lowest BCUT2D eigenvalue weighted by molar-refractivity contribution is -0.136. The van der Waals surface area contributed by atoms with E-state index in [2.05, 4.69) is 22.9 Å². The van der Waals surface area contributed by atoms with E-state index in [9.17, 15) is 14.4 Å². The van der Waals surface area contributed by atoms with Crippen LogP contribution in [0.15, 0.2) is 18.2 Å². The van der Waals surface area contributed by atoms with E-state index < -0.39 is 6.04 Å². The Morgan fingerprint density at radius 3 is 2.76 bits per heavy atom. The monoisotopic (exact) mass is 400 g/mol. The van der Waals surface area contributed by atoms with E-state index in [1.54, 1.807) is 4.90 Å². The summed E-state index contributed by atoms with van der Waals surface area (Å²) in [5.41, 5.74) is 2.19. The van der Waals surface area contributed by atoms with Gasteiger partial charge in [-0.15, -0.1) is 0 Å². The molecule has 0 bridgehead atoms. The normalized spacial score (nSPS) is 28.6. The van der Waals surface area contributed by atoms with E-state index in [0.29, 0.717) is 25.1 Å². The highest BCUT2D eigenvalue weighted by Crippen LogP contribution is 2.30. The van der Waals surface area contributed by atoms with E-state index in [-0.39, 0.29) is 42.0 Å². The molecule has 3 aliphatic heterocycles. The maximum atomic E-state index is 13.1. The van der Waals surface area contributed by atoms with Gasteiger partial charge in [0.1, 0.15) is 11.8 Å². The third kappa shape index (κ3) is 3.92. The largest absolute Gasteiger partial charge is 0.357 e. The molecule has 3 aliphatic rings. The highest BCUT2D eigenvalue weighted by Gasteiger charge is 2.40. The molecule has 0 aliphatic carbocycles. The number of imide groups is 1. The van der Waals surface area contributed by atoms with Gasteiger partial charge in [0.25, 0.3) is 5.91 Å². The number of nitrogens with zero attached hydrogens (tertiary/aromatic N) is 1. The fraction of sp³-hybridized carbons (Fsp3) is 0.571. The van der Waals surface area contributed by atoms with Crippen molar-refractivity contribution in [3.63, 3.8) is 0 Å². The number of nitrogens with one attached hydrogen (secondary N) is 3. The van der Waals surface area contributed by atoms with Crippen LogP contribution in [0.4, 0.5) is 0 Å². The number of carbonyl (C=O) groups excluding carboxylic acids is 3. The molecule has 3 heterocycles. The first-order valence-corrected chi connectivity index (χ1v) is 10.2. The number of hydrogen-bond acceptors (Lipinski definition) is 6. The van der Waals surface area contributed by atoms with Crippen LogP contribution in [0.3, 0.4) is 0 Å². The molecular weight excluding hydrogens is 372 g/mol. The van der Waals surface area contributed by atoms with Crippen molar-refractivity contribution in [3.05, 3.63) is 34.9 Å². The van der Waals surface area contributed by atoms with Gasteiger partial charge in [-0.3, -0.25) is 25.0 Å². The van der Waals surface area contributed by atoms with Crippen LogP contribution >= 0.6 is 0 Å². The van der Waals surface area contributed by atoms with Crippen LogP contribution in [0, 0.1) is 0 Å². The molecule has 2 fully saturated rings. The third-order valence-corrected chi connectivity index (χ3v) is 5.90. The third-order valence-electron chi connectivity index (χ3n) is 5.90. The number of rotatable bonds is 5. The van der Waals surface area contributed by atoms with E-state index in [1.807, 2.05) is 32.0 Å². The smallest absolute Gasteiger partial charge is 0.255 e. The number of amides is 3. The maximum Gasteiger partial charge on any atom is 0.255 e. The average Bonchev–Trinajstić information content (AvgIpc) is 3.11. The molecule has 4 rings (SSSR count). The van der Waals surface area contributed by atoms with Crippen LogP contribution in [0.25, 0.3) is 0 Å². The number of benzene rings is 1. The SMILES string of the molecule is CC1OC(C)(C)NC1CNCc1cccc2c1C(=O)N(C1CCC(=O)NC1=O)C2. The second-order valence-corrected chi connectivity index (χ2v) is 8.57. The van der Waals surface area contributed by atoms with Crippen molar-refractivity contribution in [1.29, 1.82) is 0 Å². The molecule has 2 saturated heterocycles. The molecule has 0 spiro atoms. The fourth-order valence-corrected chi connectivity index (χ4v) is 4.56. The van der Waals surface area contributed by atoms with Crippen molar-refractivity contribution in [2.45, 2.75) is 70.6 Å². The molecule has 1 aromatic carbocycles. The highest BCUT2D eigenvalue weighted by molar-refractivity contribution is 6.05. The zero-order chi connectivity index (χ0) is 20.8. The van der Waals surface area contributed by atoms with Crippen LogP contribution in [-0.4, -0.2) is 53.1 Å². The second kappa shape index (κ2) is 7.51. The van der Waals surface area contributed by atoms with Crippen molar-refractivity contribution < 1.29 is 19.1 Å². The van der Waals surface area contributed by atoms with Gasteiger partial charge in [0.05, 0.1) is 6.10 Å². The second-order valence-electron chi connectivity index (χ2n) is 8.57. The summed E-state index contributed by atoms with van der Waals surface area (Å²) in [6.45, 7) is 7.75. The molecule has 8 heteroatoms. The van der Waals surface area contributed by atoms with Gasteiger partial charge < -0.3 is 15.0 Å². The van der Waals surface area contributed by atoms with E-state index >= 15 is 0 Å². The zero-order valence-electron chi connectivity index (χ0n) is 17.1. The minimum absolute atomic E-state index is 0.101. The quantitative estimate of drug-likeness (QED) is 0.628. The van der Waals surface area contributed by atoms with Crippen LogP contribution in [0.1, 0.15) is 55.1 Å². The summed E-state index contributed by atoms with van der Waals surface area (Å²) in [5.74, 6) is -0.795.